The van der Waals surface area contributed by atoms with E-state index in [0.717, 1.165) is 37.7 Å². The molecule has 0 amide bonds. The van der Waals surface area contributed by atoms with E-state index >= 15 is 0 Å². The molecular weight excluding hydrogens is 543 g/mol. The maximum atomic E-state index is 14.3. The van der Waals surface area contributed by atoms with Gasteiger partial charge in [0.1, 0.15) is 0 Å². The van der Waals surface area contributed by atoms with E-state index < -0.39 is 33.3 Å². The molecule has 0 aromatic carbocycles. The van der Waals surface area contributed by atoms with Crippen molar-refractivity contribution in [3.8, 4) is 0 Å². The van der Waals surface area contributed by atoms with Crippen LogP contribution in [-0.4, -0.2) is 30.8 Å². The standard InChI is InChI=1S/C30H46O7S.K/c1-25(2)21-8-11-30(7)23(28(21,5)10-9-22(25)37-38(34,35)36)20(31)16-18-19-17-27(4,24(32)33)13-12-26(19,3)14-15-29(18,30)6;/h16,19,21-23H,8-15,17H2,1-7H3,(H,32,33)(H,34,35,36);/q;+1/p-1/t19-,21-,22+,23+,26+,27-,28-,29+,30+;/m0./s1. The van der Waals surface area contributed by atoms with Crippen molar-refractivity contribution in [2.24, 2.45) is 50.2 Å². The fourth-order valence-electron chi connectivity index (χ4n) is 10.7. The van der Waals surface area contributed by atoms with Gasteiger partial charge in [-0.05, 0) is 103 Å². The van der Waals surface area contributed by atoms with Gasteiger partial charge in [0.2, 0.25) is 0 Å². The molecular formula is C30H45KO7S. The Bertz CT molecular complexity index is 1210. The van der Waals surface area contributed by atoms with E-state index in [1.165, 1.54) is 0 Å². The predicted octanol–water partition coefficient (Wildman–Crippen LogP) is 1.91. The molecule has 0 radical (unpaired) electrons. The van der Waals surface area contributed by atoms with Crippen molar-refractivity contribution in [2.45, 2.75) is 112 Å². The van der Waals surface area contributed by atoms with E-state index in [2.05, 4.69) is 27.7 Å². The van der Waals surface area contributed by atoms with Crippen molar-refractivity contribution in [1.29, 1.82) is 0 Å². The molecule has 5 aliphatic rings. The van der Waals surface area contributed by atoms with Crippen molar-refractivity contribution in [2.75, 3.05) is 0 Å². The van der Waals surface area contributed by atoms with Crippen LogP contribution in [0.5, 0.6) is 0 Å². The first-order valence-corrected chi connectivity index (χ1v) is 15.7. The summed E-state index contributed by atoms with van der Waals surface area (Å²) in [5.41, 5.74) is -1.14. The van der Waals surface area contributed by atoms with E-state index in [4.69, 9.17) is 4.18 Å². The molecule has 39 heavy (non-hydrogen) atoms. The molecule has 0 bridgehead atoms. The summed E-state index contributed by atoms with van der Waals surface area (Å²) in [5, 5.41) is 12.2. The van der Waals surface area contributed by atoms with E-state index in [0.29, 0.717) is 25.7 Å². The first kappa shape index (κ1) is 32.3. The molecule has 0 spiro atoms. The average Bonchev–Trinajstić information content (AvgIpc) is 2.77. The second kappa shape index (κ2) is 9.70. The van der Waals surface area contributed by atoms with Crippen LogP contribution in [0.3, 0.4) is 0 Å². The Morgan fingerprint density at radius 2 is 1.59 bits per heavy atom. The van der Waals surface area contributed by atoms with Crippen molar-refractivity contribution in [1.82, 2.24) is 0 Å². The third-order valence-electron chi connectivity index (χ3n) is 13.2. The van der Waals surface area contributed by atoms with Crippen LogP contribution in [0.2, 0.25) is 0 Å². The van der Waals surface area contributed by atoms with Gasteiger partial charge in [0.05, 0.1) is 6.10 Å². The Labute approximate surface area is 277 Å². The molecule has 1 N–H and O–H groups in total. The Morgan fingerprint density at radius 3 is 2.18 bits per heavy atom. The quantitative estimate of drug-likeness (QED) is 0.395. The normalized spacial score (nSPS) is 48.8. The molecule has 7 nitrogen and oxygen atoms in total. The number of ketones is 1. The summed E-state index contributed by atoms with van der Waals surface area (Å²) in [6.45, 7) is 14.9. The fraction of sp³-hybridized carbons (Fsp3) is 0.867. The maximum Gasteiger partial charge on any atom is 1.00 e. The molecule has 0 aromatic heterocycles. The summed E-state index contributed by atoms with van der Waals surface area (Å²) in [5.74, 6) is -0.963. The number of hydrogen-bond donors (Lipinski definition) is 1. The van der Waals surface area contributed by atoms with Crippen LogP contribution in [0, 0.1) is 50.2 Å². The van der Waals surface area contributed by atoms with Gasteiger partial charge in [0, 0.05) is 17.3 Å². The van der Waals surface area contributed by atoms with Crippen LogP contribution in [0.15, 0.2) is 11.6 Å². The smallest absolute Gasteiger partial charge is 0.550 e. The summed E-state index contributed by atoms with van der Waals surface area (Å²) in [7, 11) is -4.58. The van der Waals surface area contributed by atoms with Crippen LogP contribution < -0.4 is 56.5 Å². The molecule has 5 rings (SSSR count). The number of carboxylic acids is 1. The van der Waals surface area contributed by atoms with Gasteiger partial charge in [-0.2, -0.15) is 8.42 Å². The second-order valence-corrected chi connectivity index (χ2v) is 16.5. The number of aliphatic carboxylic acids is 1. The number of hydrogen-bond acceptors (Lipinski definition) is 6. The van der Waals surface area contributed by atoms with Gasteiger partial charge in [0.25, 0.3) is 0 Å². The first-order valence-electron chi connectivity index (χ1n) is 14.4. The van der Waals surface area contributed by atoms with Crippen LogP contribution in [0.1, 0.15) is 106 Å². The molecule has 0 aliphatic heterocycles. The van der Waals surface area contributed by atoms with Crippen LogP contribution >= 0.6 is 0 Å². The van der Waals surface area contributed by atoms with Gasteiger partial charge < -0.3 is 9.90 Å². The zero-order valence-corrected chi connectivity index (χ0v) is 29.0. The molecule has 0 heterocycles. The number of carbonyl (C=O) groups is 2. The van der Waals surface area contributed by atoms with Crippen LogP contribution in [-0.2, 0) is 24.2 Å². The van der Waals surface area contributed by atoms with Gasteiger partial charge in [0.15, 0.2) is 5.78 Å². The fourth-order valence-corrected chi connectivity index (χ4v) is 11.3. The van der Waals surface area contributed by atoms with Crippen molar-refractivity contribution in [3.05, 3.63) is 11.6 Å². The maximum absolute atomic E-state index is 14.3. The van der Waals surface area contributed by atoms with Gasteiger partial charge in [-0.3, -0.25) is 9.35 Å². The Balaban J connectivity index is 0.00000353. The number of carbonyl (C=O) groups excluding carboxylic acids is 2. The van der Waals surface area contributed by atoms with Gasteiger partial charge in [-0.15, -0.1) is 0 Å². The summed E-state index contributed by atoms with van der Waals surface area (Å²) < 4.78 is 37.8. The Hall–Kier alpha value is 0.386. The summed E-state index contributed by atoms with van der Waals surface area (Å²) in [6.07, 6.45) is 8.01. The third-order valence-corrected chi connectivity index (χ3v) is 13.7. The molecule has 4 fully saturated rings. The van der Waals surface area contributed by atoms with Crippen LogP contribution in [0.25, 0.3) is 0 Å². The monoisotopic (exact) mass is 588 g/mol. The second-order valence-electron chi connectivity index (χ2n) is 15.4. The van der Waals surface area contributed by atoms with Crippen LogP contribution in [0.4, 0.5) is 0 Å². The minimum Gasteiger partial charge on any atom is -0.550 e. The largest absolute Gasteiger partial charge is 1.00 e. The van der Waals surface area contributed by atoms with Crippen molar-refractivity contribution >= 4 is 22.2 Å². The van der Waals surface area contributed by atoms with Crippen molar-refractivity contribution in [3.63, 3.8) is 0 Å². The summed E-state index contributed by atoms with van der Waals surface area (Å²) in [6, 6.07) is 0. The molecule has 214 valence electrons. The number of rotatable bonds is 3. The summed E-state index contributed by atoms with van der Waals surface area (Å²) >= 11 is 0. The number of allylic oxidation sites excluding steroid dienone is 2. The zero-order chi connectivity index (χ0) is 28.3. The molecule has 9 atom stereocenters. The zero-order valence-electron chi connectivity index (χ0n) is 25.1. The molecule has 5 aliphatic carbocycles. The topological polar surface area (TPSA) is 121 Å². The van der Waals surface area contributed by atoms with E-state index in [-0.39, 0.29) is 96.6 Å². The SMILES string of the molecule is CC1(C)[C@H](OS(=O)(=O)O)CC[C@]2(C)[C@H]3C(=O)C=C4[C@@H]5C[C@@](C)(C(=O)[O-])CC[C@]5(C)CC[C@@]4(C)[C@]3(C)CC[C@@H]12.[K+]. The molecule has 9 heteroatoms. The minimum atomic E-state index is -4.58. The van der Waals surface area contributed by atoms with Gasteiger partial charge in [-0.1, -0.05) is 54.0 Å². The number of fused-ring (bicyclic) bond motifs is 7. The molecule has 0 aromatic rings. The van der Waals surface area contributed by atoms with E-state index in [1.54, 1.807) is 0 Å². The van der Waals surface area contributed by atoms with E-state index in [9.17, 15) is 27.7 Å². The molecule has 0 saturated heterocycles. The summed E-state index contributed by atoms with van der Waals surface area (Å²) in [4.78, 5) is 26.5. The van der Waals surface area contributed by atoms with Gasteiger partial charge in [-0.25, -0.2) is 4.18 Å². The minimum absolute atomic E-state index is 0. The Morgan fingerprint density at radius 1 is 0.974 bits per heavy atom. The molecule has 0 unspecified atom stereocenters. The average molecular weight is 589 g/mol. The van der Waals surface area contributed by atoms with Gasteiger partial charge >= 0.3 is 61.8 Å². The number of carboxylic acid groups (broad SMARTS) is 1. The third kappa shape index (κ3) is 4.58. The Kier molecular flexibility index (Phi) is 8.03. The first-order chi connectivity index (χ1) is 17.2. The van der Waals surface area contributed by atoms with E-state index in [1.807, 2.05) is 26.8 Å². The van der Waals surface area contributed by atoms with Crippen molar-refractivity contribution < 1.29 is 83.2 Å². The molecule has 4 saturated carbocycles. The predicted molar refractivity (Wildman–Crippen MR) is 141 cm³/mol.